The van der Waals surface area contributed by atoms with E-state index in [1.807, 2.05) is 13.8 Å². The highest BCUT2D eigenvalue weighted by Crippen LogP contribution is 2.30. The number of hydrogen-bond acceptors (Lipinski definition) is 3. The molecule has 0 radical (unpaired) electrons. The average molecular weight is 324 g/mol. The van der Waals surface area contributed by atoms with Crippen molar-refractivity contribution in [3.05, 3.63) is 16.5 Å². The summed E-state index contributed by atoms with van der Waals surface area (Å²) in [6.45, 7) is 9.00. The van der Waals surface area contributed by atoms with E-state index in [1.54, 1.807) is 10.4 Å². The van der Waals surface area contributed by atoms with E-state index in [1.165, 1.54) is 11.3 Å². The molecule has 0 saturated carbocycles. The van der Waals surface area contributed by atoms with Crippen molar-refractivity contribution in [1.82, 2.24) is 4.31 Å². The molecular formula is C13H22ClNO2S2. The van der Waals surface area contributed by atoms with Crippen molar-refractivity contribution >= 4 is 33.0 Å². The lowest BCUT2D eigenvalue weighted by molar-refractivity contribution is 0.362. The molecule has 0 aliphatic carbocycles. The van der Waals surface area contributed by atoms with Gasteiger partial charge in [-0.25, -0.2) is 8.42 Å². The van der Waals surface area contributed by atoms with E-state index in [2.05, 4.69) is 13.8 Å². The molecule has 3 nitrogen and oxygen atoms in total. The molecule has 110 valence electrons. The molecule has 0 amide bonds. The molecule has 0 N–H and O–H groups in total. The summed E-state index contributed by atoms with van der Waals surface area (Å²) in [6.07, 6.45) is 0.975. The second kappa shape index (κ2) is 7.07. The predicted octanol–water partition coefficient (Wildman–Crippen LogP) is 3.85. The van der Waals surface area contributed by atoms with Gasteiger partial charge in [-0.05, 0) is 24.5 Å². The highest BCUT2D eigenvalue weighted by atomic mass is 35.5. The number of thiophene rings is 1. The molecule has 0 saturated heterocycles. The molecule has 0 spiro atoms. The lowest BCUT2D eigenvalue weighted by atomic mass is 10.1. The van der Waals surface area contributed by atoms with E-state index in [9.17, 15) is 8.42 Å². The Hall–Kier alpha value is -0.100. The van der Waals surface area contributed by atoms with Gasteiger partial charge in [0, 0.05) is 18.0 Å². The fraction of sp³-hybridized carbons (Fsp3) is 0.692. The molecule has 1 heterocycles. The first-order valence-electron chi connectivity index (χ1n) is 6.52. The van der Waals surface area contributed by atoms with Crippen LogP contribution < -0.4 is 0 Å². The SMILES string of the molecule is CCC(C)CN(CC)S(=O)(=O)c1cc(C)c(CCl)s1. The van der Waals surface area contributed by atoms with Gasteiger partial charge in [-0.2, -0.15) is 4.31 Å². The Morgan fingerprint density at radius 1 is 1.42 bits per heavy atom. The van der Waals surface area contributed by atoms with Crippen molar-refractivity contribution in [2.24, 2.45) is 5.92 Å². The van der Waals surface area contributed by atoms with Crippen molar-refractivity contribution < 1.29 is 8.42 Å². The van der Waals surface area contributed by atoms with Gasteiger partial charge in [0.2, 0.25) is 0 Å². The minimum Gasteiger partial charge on any atom is -0.206 e. The maximum Gasteiger partial charge on any atom is 0.252 e. The van der Waals surface area contributed by atoms with Crippen molar-refractivity contribution in [2.75, 3.05) is 13.1 Å². The third kappa shape index (κ3) is 3.94. The van der Waals surface area contributed by atoms with Gasteiger partial charge in [0.1, 0.15) is 4.21 Å². The number of sulfonamides is 1. The van der Waals surface area contributed by atoms with Crippen LogP contribution in [0.2, 0.25) is 0 Å². The van der Waals surface area contributed by atoms with Gasteiger partial charge in [0.05, 0.1) is 5.88 Å². The second-order valence-electron chi connectivity index (χ2n) is 4.77. The molecule has 6 heteroatoms. The molecule has 0 fully saturated rings. The molecule has 1 aromatic rings. The van der Waals surface area contributed by atoms with E-state index in [0.29, 0.717) is 29.1 Å². The number of rotatable bonds is 7. The van der Waals surface area contributed by atoms with Crippen molar-refractivity contribution in [3.8, 4) is 0 Å². The first-order chi connectivity index (χ1) is 8.86. The normalized spacial score (nSPS) is 14.0. The molecule has 1 atom stereocenters. The number of nitrogens with zero attached hydrogens (tertiary/aromatic N) is 1. The quantitative estimate of drug-likeness (QED) is 0.715. The molecule has 0 aliphatic rings. The van der Waals surface area contributed by atoms with Crippen LogP contribution >= 0.6 is 22.9 Å². The minimum atomic E-state index is -3.37. The van der Waals surface area contributed by atoms with Crippen LogP contribution in [0.15, 0.2) is 10.3 Å². The molecule has 1 aromatic heterocycles. The van der Waals surface area contributed by atoms with E-state index < -0.39 is 10.0 Å². The van der Waals surface area contributed by atoms with Crippen LogP contribution in [-0.4, -0.2) is 25.8 Å². The topological polar surface area (TPSA) is 37.4 Å². The monoisotopic (exact) mass is 323 g/mol. The van der Waals surface area contributed by atoms with Gasteiger partial charge in [-0.1, -0.05) is 27.2 Å². The van der Waals surface area contributed by atoms with Crippen molar-refractivity contribution in [2.45, 2.75) is 44.2 Å². The van der Waals surface area contributed by atoms with Gasteiger partial charge >= 0.3 is 0 Å². The summed E-state index contributed by atoms with van der Waals surface area (Å²) in [5.74, 6) is 0.729. The van der Waals surface area contributed by atoms with Crippen LogP contribution in [0, 0.1) is 12.8 Å². The third-order valence-electron chi connectivity index (χ3n) is 3.28. The van der Waals surface area contributed by atoms with Gasteiger partial charge in [-0.15, -0.1) is 22.9 Å². The zero-order valence-corrected chi connectivity index (χ0v) is 14.3. The van der Waals surface area contributed by atoms with Crippen LogP contribution in [0.1, 0.15) is 37.6 Å². The average Bonchev–Trinajstić information content (AvgIpc) is 2.77. The Labute approximate surface area is 125 Å². The highest BCUT2D eigenvalue weighted by molar-refractivity contribution is 7.91. The van der Waals surface area contributed by atoms with Crippen LogP contribution in [-0.2, 0) is 15.9 Å². The lowest BCUT2D eigenvalue weighted by Crippen LogP contribution is -2.34. The molecule has 19 heavy (non-hydrogen) atoms. The van der Waals surface area contributed by atoms with E-state index in [-0.39, 0.29) is 0 Å². The number of alkyl halides is 1. The summed E-state index contributed by atoms with van der Waals surface area (Å²) in [5, 5.41) is 0. The Kier molecular flexibility index (Phi) is 6.30. The van der Waals surface area contributed by atoms with E-state index in [4.69, 9.17) is 11.6 Å². The van der Waals surface area contributed by atoms with Crippen molar-refractivity contribution in [3.63, 3.8) is 0 Å². The lowest BCUT2D eigenvalue weighted by Gasteiger charge is -2.22. The van der Waals surface area contributed by atoms with Crippen molar-refractivity contribution in [1.29, 1.82) is 0 Å². The number of halogens is 1. The van der Waals surface area contributed by atoms with Crippen LogP contribution in [0.5, 0.6) is 0 Å². The van der Waals surface area contributed by atoms with Crippen LogP contribution in [0.3, 0.4) is 0 Å². The molecule has 0 aromatic carbocycles. The van der Waals surface area contributed by atoms with Gasteiger partial charge < -0.3 is 0 Å². The zero-order valence-electron chi connectivity index (χ0n) is 11.9. The fourth-order valence-electron chi connectivity index (χ4n) is 1.75. The Morgan fingerprint density at radius 3 is 2.47 bits per heavy atom. The Balaban J connectivity index is 3.06. The zero-order chi connectivity index (χ0) is 14.6. The molecule has 1 rings (SSSR count). The second-order valence-corrected chi connectivity index (χ2v) is 8.34. The van der Waals surface area contributed by atoms with E-state index >= 15 is 0 Å². The first kappa shape index (κ1) is 17.0. The Bertz CT molecular complexity index is 511. The third-order valence-corrected chi connectivity index (χ3v) is 7.33. The predicted molar refractivity (Wildman–Crippen MR) is 82.5 cm³/mol. The Morgan fingerprint density at radius 2 is 2.05 bits per heavy atom. The van der Waals surface area contributed by atoms with Gasteiger partial charge in [0.25, 0.3) is 10.0 Å². The number of hydrogen-bond donors (Lipinski definition) is 0. The minimum absolute atomic E-state index is 0.364. The summed E-state index contributed by atoms with van der Waals surface area (Å²) < 4.78 is 27.1. The summed E-state index contributed by atoms with van der Waals surface area (Å²) >= 11 is 7.10. The maximum atomic E-state index is 12.6. The molecule has 0 aliphatic heterocycles. The smallest absolute Gasteiger partial charge is 0.206 e. The molecule has 0 bridgehead atoms. The molecule has 1 unspecified atom stereocenters. The summed E-state index contributed by atoms with van der Waals surface area (Å²) in [5.41, 5.74) is 0.957. The van der Waals surface area contributed by atoms with Crippen LogP contribution in [0.25, 0.3) is 0 Å². The van der Waals surface area contributed by atoms with E-state index in [0.717, 1.165) is 16.9 Å². The summed E-state index contributed by atoms with van der Waals surface area (Å²) in [7, 11) is -3.37. The molecular weight excluding hydrogens is 302 g/mol. The highest BCUT2D eigenvalue weighted by Gasteiger charge is 2.26. The maximum absolute atomic E-state index is 12.6. The number of aryl methyl sites for hydroxylation is 1. The fourth-order valence-corrected chi connectivity index (χ4v) is 5.29. The standard InChI is InChI=1S/C13H22ClNO2S2/c1-5-10(3)9-15(6-2)19(16,17)13-7-11(4)12(8-14)18-13/h7,10H,5-6,8-9H2,1-4H3. The largest absolute Gasteiger partial charge is 0.252 e. The van der Waals surface area contributed by atoms with Crippen LogP contribution in [0.4, 0.5) is 0 Å². The van der Waals surface area contributed by atoms with Gasteiger partial charge in [-0.3, -0.25) is 0 Å². The first-order valence-corrected chi connectivity index (χ1v) is 9.31. The van der Waals surface area contributed by atoms with Gasteiger partial charge in [0.15, 0.2) is 0 Å². The summed E-state index contributed by atoms with van der Waals surface area (Å²) in [4.78, 5) is 0.930. The summed E-state index contributed by atoms with van der Waals surface area (Å²) in [6, 6.07) is 1.73.